The van der Waals surface area contributed by atoms with Crippen LogP contribution in [0.5, 0.6) is 5.75 Å². The highest BCUT2D eigenvalue weighted by Crippen LogP contribution is 2.41. The fraction of sp³-hybridized carbons (Fsp3) is 0.231. The van der Waals surface area contributed by atoms with E-state index in [-0.39, 0.29) is 6.61 Å². The molecule has 0 saturated heterocycles. The fourth-order valence-corrected chi connectivity index (χ4v) is 4.99. The average Bonchev–Trinajstić information content (AvgIpc) is 3.14. The van der Waals surface area contributed by atoms with E-state index in [0.717, 1.165) is 58.6 Å². The molecule has 4 N–H and O–H groups in total. The second-order valence-electron chi connectivity index (χ2n) is 8.40. The summed E-state index contributed by atoms with van der Waals surface area (Å²) in [7, 11) is 0. The molecule has 1 aromatic heterocycles. The van der Waals surface area contributed by atoms with Crippen LogP contribution in [-0.2, 0) is 24.2 Å². The Labute approximate surface area is 190 Å². The minimum Gasteiger partial charge on any atom is -0.483 e. The van der Waals surface area contributed by atoms with Crippen LogP contribution in [0.4, 0.5) is 0 Å². The van der Waals surface area contributed by atoms with Gasteiger partial charge in [0.2, 0.25) is 5.91 Å². The normalized spacial score (nSPS) is 13.1. The molecule has 5 rings (SSSR count). The van der Waals surface area contributed by atoms with Gasteiger partial charge in [0.15, 0.2) is 6.61 Å². The van der Waals surface area contributed by atoms with Crippen LogP contribution in [0.15, 0.2) is 54.6 Å². The lowest BCUT2D eigenvalue weighted by Gasteiger charge is -2.20. The minimum atomic E-state index is -0.660. The standard InChI is InChI=1S/C26H25N3O4/c27-26(31)23-18-10-5-4-9-17(18)13-20-25(23)24-19(29(20)14-16-7-2-1-3-8-16)11-6-12-21(24)33-15-22(30)28-32/h1-3,6-8,11-13,32H,4-5,9-10,14-15H2,(H2,27,31)(H,28,30). The van der Waals surface area contributed by atoms with Gasteiger partial charge < -0.3 is 15.0 Å². The van der Waals surface area contributed by atoms with Gasteiger partial charge in [-0.15, -0.1) is 0 Å². The van der Waals surface area contributed by atoms with Gasteiger partial charge in [-0.1, -0.05) is 36.4 Å². The second kappa shape index (κ2) is 8.60. The third-order valence-electron chi connectivity index (χ3n) is 6.38. The van der Waals surface area contributed by atoms with Gasteiger partial charge in [0, 0.05) is 11.9 Å². The summed E-state index contributed by atoms with van der Waals surface area (Å²) >= 11 is 0. The molecule has 0 radical (unpaired) electrons. The first-order valence-corrected chi connectivity index (χ1v) is 11.1. The summed E-state index contributed by atoms with van der Waals surface area (Å²) in [5, 5.41) is 10.4. The van der Waals surface area contributed by atoms with E-state index >= 15 is 0 Å². The predicted octanol–water partition coefficient (Wildman–Crippen LogP) is 3.70. The number of hydrogen-bond acceptors (Lipinski definition) is 4. The molecule has 1 aliphatic carbocycles. The number of fused-ring (bicyclic) bond motifs is 4. The number of aryl methyl sites for hydroxylation is 1. The van der Waals surface area contributed by atoms with E-state index < -0.39 is 11.8 Å². The molecular formula is C26H25N3O4. The predicted molar refractivity (Wildman–Crippen MR) is 126 cm³/mol. The molecule has 0 atom stereocenters. The smallest absolute Gasteiger partial charge is 0.281 e. The monoisotopic (exact) mass is 443 g/mol. The Bertz CT molecular complexity index is 1380. The molecule has 168 valence electrons. The highest BCUT2D eigenvalue weighted by molar-refractivity contribution is 6.20. The van der Waals surface area contributed by atoms with Gasteiger partial charge in [-0.25, -0.2) is 5.48 Å². The number of nitrogens with zero attached hydrogens (tertiary/aromatic N) is 1. The van der Waals surface area contributed by atoms with Crippen LogP contribution < -0.4 is 16.0 Å². The minimum absolute atomic E-state index is 0.349. The first-order valence-electron chi connectivity index (χ1n) is 11.1. The number of hydrogen-bond donors (Lipinski definition) is 3. The highest BCUT2D eigenvalue weighted by Gasteiger charge is 2.26. The molecule has 33 heavy (non-hydrogen) atoms. The van der Waals surface area contributed by atoms with Crippen LogP contribution in [0, 0.1) is 0 Å². The largest absolute Gasteiger partial charge is 0.483 e. The maximum absolute atomic E-state index is 12.8. The van der Waals surface area contributed by atoms with Crippen LogP contribution in [0.1, 0.15) is 39.9 Å². The maximum Gasteiger partial charge on any atom is 0.281 e. The van der Waals surface area contributed by atoms with E-state index in [9.17, 15) is 9.59 Å². The van der Waals surface area contributed by atoms with Crippen LogP contribution in [-0.4, -0.2) is 28.2 Å². The molecule has 0 aliphatic heterocycles. The maximum atomic E-state index is 12.8. The fourth-order valence-electron chi connectivity index (χ4n) is 4.99. The van der Waals surface area contributed by atoms with E-state index in [0.29, 0.717) is 17.9 Å². The number of carbonyl (C=O) groups excluding carboxylic acids is 2. The Balaban J connectivity index is 1.84. The Morgan fingerprint density at radius 2 is 1.79 bits per heavy atom. The topological polar surface area (TPSA) is 107 Å². The molecular weight excluding hydrogens is 418 g/mol. The van der Waals surface area contributed by atoms with Crippen LogP contribution >= 0.6 is 0 Å². The molecule has 0 saturated carbocycles. The van der Waals surface area contributed by atoms with Crippen molar-refractivity contribution in [1.82, 2.24) is 10.0 Å². The van der Waals surface area contributed by atoms with Gasteiger partial charge >= 0.3 is 0 Å². The number of hydroxylamine groups is 1. The van der Waals surface area contributed by atoms with E-state index in [2.05, 4.69) is 22.8 Å². The summed E-state index contributed by atoms with van der Waals surface area (Å²) in [5.74, 6) is -0.654. The van der Waals surface area contributed by atoms with Gasteiger partial charge in [-0.2, -0.15) is 0 Å². The molecule has 0 bridgehead atoms. The number of ether oxygens (including phenoxy) is 1. The number of carbonyl (C=O) groups is 2. The van der Waals surface area contributed by atoms with E-state index in [4.69, 9.17) is 15.7 Å². The third kappa shape index (κ3) is 3.70. The van der Waals surface area contributed by atoms with E-state index in [1.165, 1.54) is 5.56 Å². The van der Waals surface area contributed by atoms with Crippen molar-refractivity contribution in [2.75, 3.05) is 6.61 Å². The first kappa shape index (κ1) is 21.0. The molecule has 3 aromatic carbocycles. The Morgan fingerprint density at radius 3 is 2.55 bits per heavy atom. The SMILES string of the molecule is NC(=O)c1c2c(cc3c1c1c(OCC(=O)NO)cccc1n3Cc1ccccc1)CCCC2. The lowest BCUT2D eigenvalue weighted by atomic mass is 9.85. The van der Waals surface area contributed by atoms with Gasteiger partial charge in [0.05, 0.1) is 22.0 Å². The zero-order valence-electron chi connectivity index (χ0n) is 18.1. The number of aromatic nitrogens is 1. The lowest BCUT2D eigenvalue weighted by Crippen LogP contribution is -2.25. The molecule has 0 fully saturated rings. The Morgan fingerprint density at radius 1 is 1.00 bits per heavy atom. The summed E-state index contributed by atoms with van der Waals surface area (Å²) in [6, 6.07) is 17.9. The van der Waals surface area contributed by atoms with Gasteiger partial charge in [-0.05, 0) is 60.6 Å². The number of benzene rings is 3. The number of nitrogens with two attached hydrogens (primary N) is 1. The third-order valence-corrected chi connectivity index (χ3v) is 6.38. The highest BCUT2D eigenvalue weighted by atomic mass is 16.5. The Hall–Kier alpha value is -3.84. The van der Waals surface area contributed by atoms with Gasteiger partial charge in [-0.3, -0.25) is 14.8 Å². The number of nitrogens with one attached hydrogen (secondary N) is 1. The molecule has 7 heteroatoms. The summed E-state index contributed by atoms with van der Waals surface area (Å²) in [6.45, 7) is 0.260. The summed E-state index contributed by atoms with van der Waals surface area (Å²) in [5.41, 5.74) is 13.2. The van der Waals surface area contributed by atoms with Crippen molar-refractivity contribution in [2.45, 2.75) is 32.2 Å². The molecule has 1 aliphatic rings. The van der Waals surface area contributed by atoms with E-state index in [1.54, 1.807) is 11.5 Å². The van der Waals surface area contributed by atoms with Gasteiger partial charge in [0.25, 0.3) is 5.91 Å². The summed E-state index contributed by atoms with van der Waals surface area (Å²) < 4.78 is 7.97. The van der Waals surface area contributed by atoms with Crippen molar-refractivity contribution in [2.24, 2.45) is 5.73 Å². The van der Waals surface area contributed by atoms with Crippen molar-refractivity contribution in [3.05, 3.63) is 76.9 Å². The zero-order chi connectivity index (χ0) is 22.9. The van der Waals surface area contributed by atoms with E-state index in [1.807, 2.05) is 30.3 Å². The number of primary amides is 1. The van der Waals surface area contributed by atoms with Crippen LogP contribution in [0.2, 0.25) is 0 Å². The molecule has 0 unspecified atom stereocenters. The van der Waals surface area contributed by atoms with Crippen molar-refractivity contribution < 1.29 is 19.5 Å². The molecule has 2 amide bonds. The van der Waals surface area contributed by atoms with Crippen molar-refractivity contribution in [1.29, 1.82) is 0 Å². The number of amides is 2. The van der Waals surface area contributed by atoms with Gasteiger partial charge in [0.1, 0.15) is 5.75 Å². The van der Waals surface area contributed by atoms with Crippen molar-refractivity contribution in [3.8, 4) is 5.75 Å². The molecule has 4 aromatic rings. The molecule has 1 heterocycles. The summed E-state index contributed by atoms with van der Waals surface area (Å²) in [4.78, 5) is 24.4. The zero-order valence-corrected chi connectivity index (χ0v) is 18.1. The number of rotatable bonds is 6. The van der Waals surface area contributed by atoms with Crippen molar-refractivity contribution >= 4 is 33.6 Å². The molecule has 7 nitrogen and oxygen atoms in total. The average molecular weight is 444 g/mol. The van der Waals surface area contributed by atoms with Crippen LogP contribution in [0.3, 0.4) is 0 Å². The Kier molecular flexibility index (Phi) is 5.48. The molecule has 0 spiro atoms. The lowest BCUT2D eigenvalue weighted by molar-refractivity contribution is -0.131. The summed E-state index contributed by atoms with van der Waals surface area (Å²) in [6.07, 6.45) is 3.82. The second-order valence-corrected chi connectivity index (χ2v) is 8.40. The first-order chi connectivity index (χ1) is 16.1. The van der Waals surface area contributed by atoms with Crippen molar-refractivity contribution in [3.63, 3.8) is 0 Å². The van der Waals surface area contributed by atoms with Crippen LogP contribution in [0.25, 0.3) is 21.8 Å². The quantitative estimate of drug-likeness (QED) is 0.312.